The number of pyridine rings is 1. The molecule has 154 valence electrons. The summed E-state index contributed by atoms with van der Waals surface area (Å²) >= 11 is 0. The number of nitrogens with one attached hydrogen (secondary N) is 2. The molecule has 3 heterocycles. The van der Waals surface area contributed by atoms with E-state index in [-0.39, 0.29) is 16.9 Å². The van der Waals surface area contributed by atoms with E-state index >= 15 is 0 Å². The lowest BCUT2D eigenvalue weighted by Crippen LogP contribution is -2.15. The first kappa shape index (κ1) is 20.0. The van der Waals surface area contributed by atoms with E-state index in [4.69, 9.17) is 0 Å². The third-order valence-corrected chi connectivity index (χ3v) is 4.63. The third-order valence-electron chi connectivity index (χ3n) is 4.63. The van der Waals surface area contributed by atoms with Gasteiger partial charge in [-0.05, 0) is 37.6 Å². The Balaban J connectivity index is 1.53. The predicted molar refractivity (Wildman–Crippen MR) is 114 cm³/mol. The van der Waals surface area contributed by atoms with Gasteiger partial charge in [-0.2, -0.15) is 0 Å². The Morgan fingerprint density at radius 1 is 0.968 bits per heavy atom. The van der Waals surface area contributed by atoms with E-state index in [9.17, 15) is 9.18 Å². The summed E-state index contributed by atoms with van der Waals surface area (Å²) in [6.45, 7) is 3.49. The molecule has 0 spiro atoms. The Morgan fingerprint density at radius 3 is 2.52 bits per heavy atom. The molecule has 0 fully saturated rings. The van der Waals surface area contributed by atoms with Crippen LogP contribution in [-0.4, -0.2) is 30.8 Å². The SMILES string of the molecule is Cc1ccc(Nc2ncccn2)cc1-c1cnc(NC(=O)c2cncc(F)c2C)cn1. The van der Waals surface area contributed by atoms with E-state index in [0.717, 1.165) is 23.0 Å². The van der Waals surface area contributed by atoms with Crippen LogP contribution in [0.5, 0.6) is 0 Å². The molecule has 1 aromatic carbocycles. The molecule has 31 heavy (non-hydrogen) atoms. The van der Waals surface area contributed by atoms with Crippen LogP contribution >= 0.6 is 0 Å². The Bertz CT molecular complexity index is 1230. The minimum atomic E-state index is -0.543. The number of hydrogen-bond acceptors (Lipinski definition) is 7. The average molecular weight is 415 g/mol. The molecule has 9 heteroatoms. The monoisotopic (exact) mass is 415 g/mol. The van der Waals surface area contributed by atoms with Crippen molar-refractivity contribution in [1.29, 1.82) is 0 Å². The van der Waals surface area contributed by atoms with Crippen LogP contribution in [0.1, 0.15) is 21.5 Å². The molecule has 2 N–H and O–H groups in total. The van der Waals surface area contributed by atoms with Crippen molar-refractivity contribution in [2.75, 3.05) is 10.6 Å². The van der Waals surface area contributed by atoms with Gasteiger partial charge in [0.15, 0.2) is 5.82 Å². The molecule has 0 atom stereocenters. The Kier molecular flexibility index (Phi) is 5.57. The summed E-state index contributed by atoms with van der Waals surface area (Å²) in [4.78, 5) is 33.1. The number of halogens is 1. The van der Waals surface area contributed by atoms with Crippen molar-refractivity contribution in [3.05, 3.63) is 84.0 Å². The van der Waals surface area contributed by atoms with Gasteiger partial charge in [0.2, 0.25) is 5.95 Å². The van der Waals surface area contributed by atoms with Crippen LogP contribution in [0.3, 0.4) is 0 Å². The lowest BCUT2D eigenvalue weighted by molar-refractivity contribution is 0.102. The number of aromatic nitrogens is 5. The van der Waals surface area contributed by atoms with Crippen LogP contribution < -0.4 is 10.6 Å². The Morgan fingerprint density at radius 2 is 1.77 bits per heavy atom. The molecule has 4 aromatic rings. The summed E-state index contributed by atoms with van der Waals surface area (Å²) in [6.07, 6.45) is 8.71. The number of hydrogen-bond donors (Lipinski definition) is 2. The number of carbonyl (C=O) groups is 1. The largest absolute Gasteiger partial charge is 0.324 e. The molecule has 0 unspecified atom stereocenters. The zero-order valence-electron chi connectivity index (χ0n) is 16.8. The maximum Gasteiger partial charge on any atom is 0.258 e. The van der Waals surface area contributed by atoms with Gasteiger partial charge in [0.1, 0.15) is 5.82 Å². The first-order valence-corrected chi connectivity index (χ1v) is 9.40. The number of carbonyl (C=O) groups excluding carboxylic acids is 1. The van der Waals surface area contributed by atoms with E-state index in [0.29, 0.717) is 11.6 Å². The topological polar surface area (TPSA) is 106 Å². The van der Waals surface area contributed by atoms with E-state index in [1.165, 1.54) is 19.3 Å². The molecule has 0 radical (unpaired) electrons. The van der Waals surface area contributed by atoms with Crippen LogP contribution in [0.2, 0.25) is 0 Å². The Labute approximate surface area is 177 Å². The highest BCUT2D eigenvalue weighted by Crippen LogP contribution is 2.26. The first-order valence-electron chi connectivity index (χ1n) is 9.40. The van der Waals surface area contributed by atoms with Crippen molar-refractivity contribution in [3.63, 3.8) is 0 Å². The average Bonchev–Trinajstić information content (AvgIpc) is 2.78. The molecule has 4 rings (SSSR count). The number of nitrogens with zero attached hydrogens (tertiary/aromatic N) is 5. The van der Waals surface area contributed by atoms with Crippen molar-refractivity contribution >= 4 is 23.4 Å². The molecular formula is C22H18FN7O. The minimum Gasteiger partial charge on any atom is -0.324 e. The molecular weight excluding hydrogens is 397 g/mol. The summed E-state index contributed by atoms with van der Waals surface area (Å²) < 4.78 is 13.6. The number of benzene rings is 1. The van der Waals surface area contributed by atoms with Gasteiger partial charge >= 0.3 is 0 Å². The summed E-state index contributed by atoms with van der Waals surface area (Å²) in [5.41, 5.74) is 3.68. The standard InChI is InChI=1S/C22H18FN7O/c1-13-4-5-15(29-22-25-6-3-7-26-22)8-16(13)19-11-28-20(12-27-19)30-21(31)17-9-24-10-18(23)14(17)2/h3-12H,1-2H3,(H,25,26,29)(H,28,30,31). The van der Waals surface area contributed by atoms with Crippen molar-refractivity contribution in [1.82, 2.24) is 24.9 Å². The Hall–Kier alpha value is -4.27. The van der Waals surface area contributed by atoms with Gasteiger partial charge in [-0.1, -0.05) is 6.07 Å². The van der Waals surface area contributed by atoms with Crippen LogP contribution in [-0.2, 0) is 0 Å². The highest BCUT2D eigenvalue weighted by Gasteiger charge is 2.14. The van der Waals surface area contributed by atoms with Gasteiger partial charge in [-0.3, -0.25) is 14.8 Å². The maximum atomic E-state index is 13.6. The number of aryl methyl sites for hydroxylation is 1. The summed E-state index contributed by atoms with van der Waals surface area (Å²) in [7, 11) is 0. The number of amides is 1. The predicted octanol–water partition coefficient (Wildman–Crippen LogP) is 4.08. The quantitative estimate of drug-likeness (QED) is 0.506. The molecule has 0 aliphatic rings. The zero-order chi connectivity index (χ0) is 21.8. The fraction of sp³-hybridized carbons (Fsp3) is 0.0909. The van der Waals surface area contributed by atoms with Gasteiger partial charge in [0.05, 0.1) is 29.8 Å². The fourth-order valence-electron chi connectivity index (χ4n) is 2.91. The second kappa shape index (κ2) is 8.62. The second-order valence-electron chi connectivity index (χ2n) is 6.76. The van der Waals surface area contributed by atoms with Crippen molar-refractivity contribution in [2.45, 2.75) is 13.8 Å². The lowest BCUT2D eigenvalue weighted by atomic mass is 10.1. The number of rotatable bonds is 5. The van der Waals surface area contributed by atoms with E-state index in [1.807, 2.05) is 25.1 Å². The molecule has 3 aromatic heterocycles. The van der Waals surface area contributed by atoms with Gasteiger partial charge in [0.25, 0.3) is 5.91 Å². The van der Waals surface area contributed by atoms with Crippen LogP contribution in [0.15, 0.2) is 61.4 Å². The lowest BCUT2D eigenvalue weighted by Gasteiger charge is -2.11. The zero-order valence-corrected chi connectivity index (χ0v) is 16.8. The molecule has 0 saturated heterocycles. The van der Waals surface area contributed by atoms with Crippen molar-refractivity contribution in [3.8, 4) is 11.3 Å². The second-order valence-corrected chi connectivity index (χ2v) is 6.76. The summed E-state index contributed by atoms with van der Waals surface area (Å²) in [6, 6.07) is 7.55. The van der Waals surface area contributed by atoms with Crippen LogP contribution in [0.4, 0.5) is 21.8 Å². The van der Waals surface area contributed by atoms with Crippen molar-refractivity contribution < 1.29 is 9.18 Å². The van der Waals surface area contributed by atoms with Gasteiger partial charge in [-0.15, -0.1) is 0 Å². The van der Waals surface area contributed by atoms with Gasteiger partial charge in [-0.25, -0.2) is 19.3 Å². The van der Waals surface area contributed by atoms with Gasteiger partial charge in [0, 0.05) is 35.4 Å². The highest BCUT2D eigenvalue weighted by atomic mass is 19.1. The molecule has 0 aliphatic heterocycles. The third kappa shape index (κ3) is 4.50. The summed E-state index contributed by atoms with van der Waals surface area (Å²) in [5.74, 6) is -0.304. The molecule has 8 nitrogen and oxygen atoms in total. The highest BCUT2D eigenvalue weighted by molar-refractivity contribution is 6.04. The van der Waals surface area contributed by atoms with Crippen LogP contribution in [0, 0.1) is 19.7 Å². The first-order chi connectivity index (χ1) is 15.0. The molecule has 0 aliphatic carbocycles. The van der Waals surface area contributed by atoms with E-state index in [1.54, 1.807) is 24.7 Å². The number of anilines is 3. The molecule has 0 bridgehead atoms. The summed E-state index contributed by atoms with van der Waals surface area (Å²) in [5, 5.41) is 5.76. The normalized spacial score (nSPS) is 10.5. The smallest absolute Gasteiger partial charge is 0.258 e. The van der Waals surface area contributed by atoms with E-state index in [2.05, 4.69) is 35.6 Å². The maximum absolute atomic E-state index is 13.6. The fourth-order valence-corrected chi connectivity index (χ4v) is 2.91. The van der Waals surface area contributed by atoms with Crippen LogP contribution in [0.25, 0.3) is 11.3 Å². The minimum absolute atomic E-state index is 0.142. The molecule has 1 amide bonds. The van der Waals surface area contributed by atoms with Gasteiger partial charge < -0.3 is 10.6 Å². The van der Waals surface area contributed by atoms with Crippen molar-refractivity contribution in [2.24, 2.45) is 0 Å². The molecule has 0 saturated carbocycles. The van der Waals surface area contributed by atoms with E-state index < -0.39 is 11.7 Å².